The molecule has 1 unspecified atom stereocenters. The van der Waals surface area contributed by atoms with Crippen molar-refractivity contribution in [3.8, 4) is 16.9 Å². The first-order chi connectivity index (χ1) is 11.1. The second-order valence-corrected chi connectivity index (χ2v) is 6.96. The van der Waals surface area contributed by atoms with E-state index in [-0.39, 0.29) is 6.61 Å². The highest BCUT2D eigenvalue weighted by Gasteiger charge is 2.61. The lowest BCUT2D eigenvalue weighted by molar-refractivity contribution is -0.0671. The summed E-state index contributed by atoms with van der Waals surface area (Å²) < 4.78 is 11.5. The van der Waals surface area contributed by atoms with Gasteiger partial charge in [-0.1, -0.05) is 18.2 Å². The van der Waals surface area contributed by atoms with Crippen molar-refractivity contribution in [1.82, 2.24) is 0 Å². The highest BCUT2D eigenvalue weighted by Crippen LogP contribution is 2.53. The molecule has 1 aliphatic carbocycles. The number of hydrogen-bond donors (Lipinski definition) is 1. The van der Waals surface area contributed by atoms with E-state index in [0.29, 0.717) is 11.5 Å². The zero-order valence-electron chi connectivity index (χ0n) is 13.6. The van der Waals surface area contributed by atoms with Gasteiger partial charge in [-0.05, 0) is 66.3 Å². The first-order valence-corrected chi connectivity index (χ1v) is 8.17. The second kappa shape index (κ2) is 5.36. The Morgan fingerprint density at radius 2 is 1.91 bits per heavy atom. The third-order valence-corrected chi connectivity index (χ3v) is 5.08. The number of aryl methyl sites for hydroxylation is 2. The van der Waals surface area contributed by atoms with Crippen LogP contribution in [-0.4, -0.2) is 24.4 Å². The monoisotopic (exact) mass is 310 g/mol. The molecule has 2 aromatic rings. The maximum atomic E-state index is 9.35. The molecule has 1 heterocycles. The predicted molar refractivity (Wildman–Crippen MR) is 89.6 cm³/mol. The highest BCUT2D eigenvalue weighted by atomic mass is 16.5. The number of hydrogen-bond acceptors (Lipinski definition) is 3. The smallest absolute Gasteiger partial charge is 0.120 e. The van der Waals surface area contributed by atoms with Crippen LogP contribution in [0.1, 0.15) is 23.1 Å². The van der Waals surface area contributed by atoms with E-state index in [1.807, 2.05) is 12.1 Å². The van der Waals surface area contributed by atoms with Gasteiger partial charge in [0, 0.05) is 0 Å². The van der Waals surface area contributed by atoms with Crippen molar-refractivity contribution in [2.45, 2.75) is 33.0 Å². The minimum Gasteiger partial charge on any atom is -0.490 e. The number of ether oxygens (including phenoxy) is 2. The third-order valence-electron chi connectivity index (χ3n) is 5.08. The Labute approximate surface area is 136 Å². The molecule has 4 rings (SSSR count). The predicted octanol–water partition coefficient (Wildman–Crippen LogP) is 3.63. The van der Waals surface area contributed by atoms with Crippen molar-refractivity contribution >= 4 is 0 Å². The summed E-state index contributed by atoms with van der Waals surface area (Å²) in [6.07, 6.45) is 1.43. The SMILES string of the molecule is Cc1cc(OC2CC23COC3)cc(C)c1-c1cccc(CO)c1. The van der Waals surface area contributed by atoms with E-state index in [0.717, 1.165) is 36.5 Å². The summed E-state index contributed by atoms with van der Waals surface area (Å²) in [5, 5.41) is 9.35. The molecule has 1 saturated carbocycles. The van der Waals surface area contributed by atoms with Gasteiger partial charge in [0.15, 0.2) is 0 Å². The highest BCUT2D eigenvalue weighted by molar-refractivity contribution is 5.72. The summed E-state index contributed by atoms with van der Waals surface area (Å²) in [4.78, 5) is 0. The molecule has 0 aromatic heterocycles. The van der Waals surface area contributed by atoms with Crippen LogP contribution in [-0.2, 0) is 11.3 Å². The Morgan fingerprint density at radius 3 is 2.48 bits per heavy atom. The molecule has 1 spiro atoms. The molecule has 0 radical (unpaired) electrons. The molecule has 23 heavy (non-hydrogen) atoms. The number of benzene rings is 2. The van der Waals surface area contributed by atoms with Crippen molar-refractivity contribution in [3.05, 3.63) is 53.1 Å². The number of rotatable bonds is 4. The van der Waals surface area contributed by atoms with Gasteiger partial charge < -0.3 is 14.6 Å². The van der Waals surface area contributed by atoms with Crippen LogP contribution in [0.2, 0.25) is 0 Å². The first kappa shape index (κ1) is 14.7. The van der Waals surface area contributed by atoms with Gasteiger partial charge >= 0.3 is 0 Å². The Kier molecular flexibility index (Phi) is 3.43. The quantitative estimate of drug-likeness (QED) is 0.937. The van der Waals surface area contributed by atoms with Gasteiger partial charge in [-0.2, -0.15) is 0 Å². The minimum absolute atomic E-state index is 0.0684. The zero-order valence-corrected chi connectivity index (χ0v) is 13.6. The molecule has 1 N–H and O–H groups in total. The maximum Gasteiger partial charge on any atom is 0.120 e. The average molecular weight is 310 g/mol. The van der Waals surface area contributed by atoms with Crippen LogP contribution < -0.4 is 4.74 Å². The van der Waals surface area contributed by atoms with Crippen molar-refractivity contribution in [2.75, 3.05) is 13.2 Å². The Hall–Kier alpha value is -1.84. The summed E-state index contributed by atoms with van der Waals surface area (Å²) in [5.41, 5.74) is 6.03. The fraction of sp³-hybridized carbons (Fsp3) is 0.400. The zero-order chi connectivity index (χ0) is 16.0. The molecule has 2 aromatic carbocycles. The standard InChI is InChI=1S/C20H22O3/c1-13-6-17(23-18-9-20(18)11-22-12-20)7-14(2)19(13)16-5-3-4-15(8-16)10-21/h3-8,18,21H,9-12H2,1-2H3. The summed E-state index contributed by atoms with van der Waals surface area (Å²) in [7, 11) is 0. The van der Waals surface area contributed by atoms with Crippen LogP contribution in [0.25, 0.3) is 11.1 Å². The van der Waals surface area contributed by atoms with E-state index in [1.54, 1.807) is 0 Å². The van der Waals surface area contributed by atoms with Gasteiger partial charge in [-0.25, -0.2) is 0 Å². The normalized spacial score (nSPS) is 21.1. The summed E-state index contributed by atoms with van der Waals surface area (Å²) in [6, 6.07) is 12.3. The molecule has 1 saturated heterocycles. The molecule has 2 aliphatic rings. The van der Waals surface area contributed by atoms with Gasteiger partial charge in [-0.3, -0.25) is 0 Å². The van der Waals surface area contributed by atoms with Crippen LogP contribution in [0.5, 0.6) is 5.75 Å². The molecular formula is C20H22O3. The Morgan fingerprint density at radius 1 is 1.17 bits per heavy atom. The summed E-state index contributed by atoms with van der Waals surface area (Å²) in [5.74, 6) is 0.954. The molecule has 1 atom stereocenters. The fourth-order valence-electron chi connectivity index (χ4n) is 3.58. The topological polar surface area (TPSA) is 38.7 Å². The van der Waals surface area contributed by atoms with Gasteiger partial charge in [0.25, 0.3) is 0 Å². The summed E-state index contributed by atoms with van der Waals surface area (Å²) >= 11 is 0. The lowest BCUT2D eigenvalue weighted by Gasteiger charge is -2.26. The van der Waals surface area contributed by atoms with Gasteiger partial charge in [0.2, 0.25) is 0 Å². The van der Waals surface area contributed by atoms with Crippen LogP contribution in [0, 0.1) is 19.3 Å². The Bertz CT molecular complexity index is 723. The van der Waals surface area contributed by atoms with Crippen LogP contribution in [0.4, 0.5) is 0 Å². The molecule has 0 bridgehead atoms. The van der Waals surface area contributed by atoms with E-state index in [4.69, 9.17) is 9.47 Å². The van der Waals surface area contributed by atoms with Gasteiger partial charge in [0.1, 0.15) is 11.9 Å². The molecule has 1 aliphatic heterocycles. The lowest BCUT2D eigenvalue weighted by Crippen LogP contribution is -2.34. The first-order valence-electron chi connectivity index (χ1n) is 8.17. The van der Waals surface area contributed by atoms with E-state index in [9.17, 15) is 5.11 Å². The van der Waals surface area contributed by atoms with E-state index < -0.39 is 0 Å². The fourth-order valence-corrected chi connectivity index (χ4v) is 3.58. The van der Waals surface area contributed by atoms with Gasteiger partial charge in [-0.15, -0.1) is 0 Å². The number of aliphatic hydroxyl groups is 1. The Balaban J connectivity index is 1.61. The third kappa shape index (κ3) is 2.54. The molecule has 120 valence electrons. The van der Waals surface area contributed by atoms with E-state index in [1.165, 1.54) is 16.7 Å². The second-order valence-electron chi connectivity index (χ2n) is 6.96. The van der Waals surface area contributed by atoms with Crippen molar-refractivity contribution in [2.24, 2.45) is 5.41 Å². The van der Waals surface area contributed by atoms with Crippen LogP contribution in [0.15, 0.2) is 36.4 Å². The van der Waals surface area contributed by atoms with Gasteiger partial charge in [0.05, 0.1) is 25.2 Å². The van der Waals surface area contributed by atoms with E-state index >= 15 is 0 Å². The van der Waals surface area contributed by atoms with E-state index in [2.05, 4.69) is 38.1 Å². The molecule has 2 fully saturated rings. The van der Waals surface area contributed by atoms with Crippen molar-refractivity contribution < 1.29 is 14.6 Å². The van der Waals surface area contributed by atoms with Crippen molar-refractivity contribution in [3.63, 3.8) is 0 Å². The summed E-state index contributed by atoms with van der Waals surface area (Å²) in [6.45, 7) is 6.01. The van der Waals surface area contributed by atoms with Crippen molar-refractivity contribution in [1.29, 1.82) is 0 Å². The maximum absolute atomic E-state index is 9.35. The van der Waals surface area contributed by atoms with Crippen LogP contribution in [0.3, 0.4) is 0 Å². The average Bonchev–Trinajstić information content (AvgIpc) is 3.21. The van der Waals surface area contributed by atoms with Crippen LogP contribution >= 0.6 is 0 Å². The largest absolute Gasteiger partial charge is 0.490 e. The molecular weight excluding hydrogens is 288 g/mol. The minimum atomic E-state index is 0.0684. The molecule has 0 amide bonds. The molecule has 3 heteroatoms. The lowest BCUT2D eigenvalue weighted by atomic mass is 9.94. The molecule has 3 nitrogen and oxygen atoms in total. The number of aliphatic hydroxyl groups excluding tert-OH is 1.